The van der Waals surface area contributed by atoms with Crippen LogP contribution in [0.1, 0.15) is 125 Å². The smallest absolute Gasteiger partial charge is 0.331 e. The monoisotopic (exact) mass is 590 g/mol. The van der Waals surface area contributed by atoms with Crippen molar-refractivity contribution in [2.45, 2.75) is 131 Å². The highest BCUT2D eigenvalue weighted by Gasteiger charge is 2.71. The first-order chi connectivity index (χ1) is 20.0. The number of rotatable bonds is 4. The summed E-state index contributed by atoms with van der Waals surface area (Å²) in [6.45, 7) is 19.4. The predicted octanol–water partition coefficient (Wildman–Crippen LogP) is 9.19. The van der Waals surface area contributed by atoms with E-state index in [4.69, 9.17) is 4.74 Å². The Morgan fingerprint density at radius 1 is 0.837 bits per heavy atom. The second-order valence-corrected chi connectivity index (χ2v) is 17.9. The maximum absolute atomic E-state index is 13.0. The van der Waals surface area contributed by atoms with Gasteiger partial charge in [-0.3, -0.25) is 0 Å². The van der Waals surface area contributed by atoms with Crippen molar-refractivity contribution in [3.05, 3.63) is 35.9 Å². The van der Waals surface area contributed by atoms with Gasteiger partial charge in [0.1, 0.15) is 11.9 Å². The average molecular weight is 591 g/mol. The maximum atomic E-state index is 13.0. The summed E-state index contributed by atoms with van der Waals surface area (Å²) in [5.74, 6) is 2.87. The quantitative estimate of drug-likeness (QED) is 0.271. The van der Waals surface area contributed by atoms with E-state index < -0.39 is 5.60 Å². The summed E-state index contributed by atoms with van der Waals surface area (Å²) in [6, 6.07) is 6.86. The molecule has 5 fully saturated rings. The average Bonchev–Trinajstić information content (AvgIpc) is 3.29. The zero-order valence-electron chi connectivity index (χ0n) is 28.2. The molecule has 0 amide bonds. The van der Waals surface area contributed by atoms with Crippen LogP contribution in [0.15, 0.2) is 30.3 Å². The normalized spacial score (nSPS) is 45.5. The highest BCUT2D eigenvalue weighted by atomic mass is 16.5. The lowest BCUT2D eigenvalue weighted by molar-refractivity contribution is -0.252. The van der Waals surface area contributed by atoms with Crippen molar-refractivity contribution < 1.29 is 19.7 Å². The van der Waals surface area contributed by atoms with Gasteiger partial charge in [0, 0.05) is 11.5 Å². The number of aromatic hydroxyl groups is 1. The van der Waals surface area contributed by atoms with E-state index >= 15 is 0 Å². The fraction of sp³-hybridized carbons (Fsp3) is 0.769. The fourth-order valence-corrected chi connectivity index (χ4v) is 12.8. The number of fused-ring (bicyclic) bond motifs is 7. The van der Waals surface area contributed by atoms with Crippen LogP contribution in [0.3, 0.4) is 0 Å². The number of ether oxygens (including phenoxy) is 1. The summed E-state index contributed by atoms with van der Waals surface area (Å²) >= 11 is 0. The standard InChI is InChI=1S/C39H58O4/c1-34(2)29-18-22-39(8)30(15-14-28-33-27(35(3,4)42)17-20-36(33,5)23-24-38(28,39)7)37(29,6)21-19-31(34)43-32(41)16-11-25-9-12-26(40)13-10-25/h9-13,16,27-31,33,40,42H,14-15,17-24H2,1-8H3/b16-11+/t27-,28-,29+,30-,31+,33-,36-,37+,38-,39-/m1/s1. The van der Waals surface area contributed by atoms with Crippen molar-refractivity contribution in [3.63, 3.8) is 0 Å². The number of carbonyl (C=O) groups excluding carboxylic acids is 1. The Hall–Kier alpha value is -1.81. The summed E-state index contributed by atoms with van der Waals surface area (Å²) in [7, 11) is 0. The number of esters is 1. The Morgan fingerprint density at radius 2 is 1.53 bits per heavy atom. The lowest BCUT2D eigenvalue weighted by Crippen LogP contribution is -2.67. The van der Waals surface area contributed by atoms with Crippen LogP contribution < -0.4 is 0 Å². The van der Waals surface area contributed by atoms with Crippen LogP contribution >= 0.6 is 0 Å². The highest BCUT2D eigenvalue weighted by Crippen LogP contribution is 2.77. The van der Waals surface area contributed by atoms with Gasteiger partial charge >= 0.3 is 5.97 Å². The number of carbonyl (C=O) groups is 1. The van der Waals surface area contributed by atoms with Crippen LogP contribution in [-0.2, 0) is 9.53 Å². The first-order valence-corrected chi connectivity index (χ1v) is 17.4. The first-order valence-electron chi connectivity index (χ1n) is 17.4. The minimum Gasteiger partial charge on any atom is -0.508 e. The van der Waals surface area contributed by atoms with E-state index in [9.17, 15) is 15.0 Å². The summed E-state index contributed by atoms with van der Waals surface area (Å²) in [5, 5.41) is 20.9. The van der Waals surface area contributed by atoms with E-state index in [-0.39, 0.29) is 28.7 Å². The van der Waals surface area contributed by atoms with Gasteiger partial charge in [0.2, 0.25) is 0 Å². The Morgan fingerprint density at radius 3 is 2.21 bits per heavy atom. The number of hydrogen-bond acceptors (Lipinski definition) is 4. The van der Waals surface area contributed by atoms with E-state index in [1.807, 2.05) is 0 Å². The maximum Gasteiger partial charge on any atom is 0.331 e. The van der Waals surface area contributed by atoms with E-state index in [2.05, 4.69) is 55.4 Å². The third-order valence-electron chi connectivity index (χ3n) is 15.3. The molecule has 5 saturated carbocycles. The Kier molecular flexibility index (Phi) is 7.32. The molecule has 10 atom stereocenters. The summed E-state index contributed by atoms with van der Waals surface area (Å²) in [5.41, 5.74) is 1.38. The van der Waals surface area contributed by atoms with Crippen molar-refractivity contribution >= 4 is 12.0 Å². The number of benzene rings is 1. The molecule has 5 aliphatic carbocycles. The van der Waals surface area contributed by atoms with Crippen LogP contribution in [-0.4, -0.2) is 27.9 Å². The van der Waals surface area contributed by atoms with Gasteiger partial charge in [0.25, 0.3) is 0 Å². The number of phenolic OH excluding ortho intramolecular Hbond substituents is 1. The molecule has 0 unspecified atom stereocenters. The predicted molar refractivity (Wildman–Crippen MR) is 173 cm³/mol. The van der Waals surface area contributed by atoms with Gasteiger partial charge in [-0.25, -0.2) is 4.79 Å². The lowest BCUT2D eigenvalue weighted by atomic mass is 9.32. The minimum absolute atomic E-state index is 0.0831. The van der Waals surface area contributed by atoms with Crippen LogP contribution in [0.25, 0.3) is 6.08 Å². The van der Waals surface area contributed by atoms with E-state index in [0.717, 1.165) is 18.4 Å². The Bertz CT molecular complexity index is 1260. The molecule has 0 aromatic heterocycles. The zero-order chi connectivity index (χ0) is 31.2. The molecule has 1 aromatic rings. The Labute approximate surface area is 261 Å². The van der Waals surface area contributed by atoms with Crippen LogP contribution in [0.2, 0.25) is 0 Å². The zero-order valence-corrected chi connectivity index (χ0v) is 28.2. The Balaban J connectivity index is 1.23. The largest absolute Gasteiger partial charge is 0.508 e. The fourth-order valence-electron chi connectivity index (χ4n) is 12.8. The summed E-state index contributed by atoms with van der Waals surface area (Å²) in [6.07, 6.45) is 15.4. The molecule has 1 aromatic carbocycles. The summed E-state index contributed by atoms with van der Waals surface area (Å²) < 4.78 is 6.22. The van der Waals surface area contributed by atoms with E-state index in [0.29, 0.717) is 45.8 Å². The molecular formula is C39H58O4. The van der Waals surface area contributed by atoms with Crippen molar-refractivity contribution in [3.8, 4) is 5.75 Å². The second kappa shape index (κ2) is 10.1. The third-order valence-corrected chi connectivity index (χ3v) is 15.3. The highest BCUT2D eigenvalue weighted by molar-refractivity contribution is 5.87. The molecular weight excluding hydrogens is 532 g/mol. The van der Waals surface area contributed by atoms with Gasteiger partial charge in [-0.1, -0.05) is 53.7 Å². The molecule has 0 spiro atoms. The van der Waals surface area contributed by atoms with Crippen LogP contribution in [0, 0.1) is 56.7 Å². The minimum atomic E-state index is -0.610. The molecule has 0 aliphatic heterocycles. The van der Waals surface area contributed by atoms with Crippen LogP contribution in [0.5, 0.6) is 5.75 Å². The molecule has 43 heavy (non-hydrogen) atoms. The van der Waals surface area contributed by atoms with E-state index in [1.165, 1.54) is 57.4 Å². The van der Waals surface area contributed by atoms with Gasteiger partial charge < -0.3 is 14.9 Å². The second-order valence-electron chi connectivity index (χ2n) is 17.9. The topological polar surface area (TPSA) is 66.8 Å². The molecule has 5 aliphatic rings. The number of phenols is 1. The molecule has 238 valence electrons. The molecule has 4 heteroatoms. The van der Waals surface area contributed by atoms with Gasteiger partial charge in [-0.2, -0.15) is 0 Å². The molecule has 2 N–H and O–H groups in total. The van der Waals surface area contributed by atoms with Gasteiger partial charge in [0.05, 0.1) is 5.60 Å². The number of hydrogen-bond donors (Lipinski definition) is 2. The van der Waals surface area contributed by atoms with Gasteiger partial charge in [-0.05, 0) is 153 Å². The molecule has 0 radical (unpaired) electrons. The molecule has 0 bridgehead atoms. The van der Waals surface area contributed by atoms with Crippen molar-refractivity contribution in [2.24, 2.45) is 56.7 Å². The van der Waals surface area contributed by atoms with Crippen molar-refractivity contribution in [1.29, 1.82) is 0 Å². The SMILES string of the molecule is CC(C)(O)[C@@H]1CC[C@]2(C)CC[C@]3(C)[C@H](CC[C@@H]4[C@@]5(C)CC[C@H](OC(=O)/C=C/c6ccc(O)cc6)C(C)(C)[C@@H]5CC[C@]43C)[C@@H]12. The van der Waals surface area contributed by atoms with E-state index in [1.54, 1.807) is 30.3 Å². The van der Waals surface area contributed by atoms with Gasteiger partial charge in [-0.15, -0.1) is 0 Å². The number of aliphatic hydroxyl groups is 1. The molecule has 6 rings (SSSR count). The molecule has 0 heterocycles. The first kappa shape index (κ1) is 31.2. The van der Waals surface area contributed by atoms with Crippen molar-refractivity contribution in [2.75, 3.05) is 0 Å². The third kappa shape index (κ3) is 4.66. The van der Waals surface area contributed by atoms with Crippen molar-refractivity contribution in [1.82, 2.24) is 0 Å². The lowest BCUT2D eigenvalue weighted by Gasteiger charge is -2.73. The van der Waals surface area contributed by atoms with Crippen LogP contribution in [0.4, 0.5) is 0 Å². The molecule has 0 saturated heterocycles. The van der Waals surface area contributed by atoms with Gasteiger partial charge in [0.15, 0.2) is 0 Å². The molecule has 4 nitrogen and oxygen atoms in total. The summed E-state index contributed by atoms with van der Waals surface area (Å²) in [4.78, 5) is 13.0.